The second-order valence-electron chi connectivity index (χ2n) is 15.4. The number of hydroxylamine groups is 1. The molecule has 17 heteroatoms. The highest BCUT2D eigenvalue weighted by Gasteiger charge is 2.47. The number of hydrogen-bond acceptors (Lipinski definition) is 7. The summed E-state index contributed by atoms with van der Waals surface area (Å²) in [7, 11) is 2.47. The molecule has 1 amide bonds. The van der Waals surface area contributed by atoms with Gasteiger partial charge in [0.1, 0.15) is 0 Å². The maximum Gasteiger partial charge on any atom is 0.316 e. The van der Waals surface area contributed by atoms with Gasteiger partial charge in [0.2, 0.25) is 0 Å². The highest BCUT2D eigenvalue weighted by molar-refractivity contribution is 5.88. The number of carbonyl (C=O) groups excluding carboxylic acids is 3. The first-order valence-corrected chi connectivity index (χ1v) is 20.1. The SMILES string of the molecule is COC(=O)C1(c2cccc(F)c2F)CCCC1.COC(=O)Cc1cccc(F)c1F.O=C(NO)C1(c2cccc(F)c2F)CCCC1.O=C(O)C1(c2cccc(F)c2F)CCCC1. The number of benzene rings is 4. The van der Waals surface area contributed by atoms with E-state index in [-0.39, 0.29) is 28.7 Å². The number of carbonyl (C=O) groups is 4. The number of rotatable bonds is 8. The Morgan fingerprint density at radius 2 is 0.873 bits per heavy atom. The molecule has 9 nitrogen and oxygen atoms in total. The number of aliphatic carboxylic acids is 1. The number of carboxylic acids is 1. The van der Waals surface area contributed by atoms with Crippen molar-refractivity contribution in [2.24, 2.45) is 0 Å². The van der Waals surface area contributed by atoms with Gasteiger partial charge in [-0.05, 0) is 62.8 Å². The molecule has 4 aromatic rings. The van der Waals surface area contributed by atoms with Crippen LogP contribution in [0.1, 0.15) is 99.3 Å². The van der Waals surface area contributed by atoms with E-state index in [1.165, 1.54) is 62.8 Å². The number of carboxylic acid groups (broad SMARTS) is 1. The molecule has 0 unspecified atom stereocenters. The van der Waals surface area contributed by atoms with Crippen molar-refractivity contribution < 1.29 is 74.1 Å². The van der Waals surface area contributed by atoms with Crippen LogP contribution < -0.4 is 5.48 Å². The van der Waals surface area contributed by atoms with Crippen LogP contribution in [-0.4, -0.2) is 48.3 Å². The molecule has 0 saturated heterocycles. The molecule has 7 rings (SSSR count). The fraction of sp³-hybridized carbons (Fsp3) is 0.391. The Balaban J connectivity index is 0.000000185. The summed E-state index contributed by atoms with van der Waals surface area (Å²) < 4.78 is 115. The molecular formula is C46H47F8NO8. The normalized spacial score (nSPS) is 16.5. The first kappa shape index (κ1) is 49.8. The molecule has 3 aliphatic rings. The summed E-state index contributed by atoms with van der Waals surface area (Å²) in [6.45, 7) is 0. The molecule has 63 heavy (non-hydrogen) atoms. The predicted molar refractivity (Wildman–Crippen MR) is 211 cm³/mol. The van der Waals surface area contributed by atoms with Crippen LogP contribution in [0.5, 0.6) is 0 Å². The molecule has 0 aromatic heterocycles. The van der Waals surface area contributed by atoms with Crippen LogP contribution in [0.2, 0.25) is 0 Å². The largest absolute Gasteiger partial charge is 0.481 e. The van der Waals surface area contributed by atoms with Gasteiger partial charge in [-0.3, -0.25) is 24.4 Å². The lowest BCUT2D eigenvalue weighted by Gasteiger charge is -2.27. The molecule has 3 saturated carbocycles. The standard InChI is InChI=1S/C13H14F2O2.C12H13F2NO2.C12H12F2O2.C9H8F2O2/c1-17-12(16)13(7-2-3-8-13)9-5-4-6-10(14)11(9)15;13-9-5-3-4-8(10(9)14)12(11(16)15-17)6-1-2-7-12;13-9-5-3-4-8(10(9)14)12(11(15)16)6-1-2-7-12;1-13-8(12)5-6-3-2-4-7(10)9(6)11/h4-6H,2-3,7-8H2,1H3;3-5,17H,1-2,6-7H2,(H,15,16);3-5H,1-2,6-7H2,(H,15,16);2-4H,5H2,1H3. The van der Waals surface area contributed by atoms with Gasteiger partial charge in [0.25, 0.3) is 5.91 Å². The summed E-state index contributed by atoms with van der Waals surface area (Å²) in [6.07, 6.45) is 7.00. The average molecular weight is 894 g/mol. The third-order valence-corrected chi connectivity index (χ3v) is 11.9. The van der Waals surface area contributed by atoms with Crippen molar-refractivity contribution in [3.8, 4) is 0 Å². The van der Waals surface area contributed by atoms with Crippen LogP contribution in [0.3, 0.4) is 0 Å². The Hall–Kier alpha value is -5.84. The lowest BCUT2D eigenvalue weighted by molar-refractivity contribution is -0.147. The Bertz CT molecular complexity index is 2170. The van der Waals surface area contributed by atoms with E-state index in [2.05, 4.69) is 4.74 Å². The number of hydrogen-bond donors (Lipinski definition) is 3. The number of amides is 1. The molecular weight excluding hydrogens is 846 g/mol. The van der Waals surface area contributed by atoms with Crippen molar-refractivity contribution >= 4 is 23.8 Å². The quantitative estimate of drug-likeness (QED) is 0.0688. The van der Waals surface area contributed by atoms with E-state index in [0.29, 0.717) is 38.5 Å². The summed E-state index contributed by atoms with van der Waals surface area (Å²) >= 11 is 0. The van der Waals surface area contributed by atoms with Gasteiger partial charge in [-0.1, -0.05) is 87.1 Å². The molecule has 0 atom stereocenters. The van der Waals surface area contributed by atoms with Crippen molar-refractivity contribution in [1.29, 1.82) is 0 Å². The molecule has 340 valence electrons. The van der Waals surface area contributed by atoms with Gasteiger partial charge in [-0.15, -0.1) is 0 Å². The zero-order chi connectivity index (χ0) is 46.5. The Morgan fingerprint density at radius 3 is 1.25 bits per heavy atom. The highest BCUT2D eigenvalue weighted by Crippen LogP contribution is 2.45. The number of halogens is 8. The van der Waals surface area contributed by atoms with Crippen molar-refractivity contribution in [1.82, 2.24) is 5.48 Å². The predicted octanol–water partition coefficient (Wildman–Crippen LogP) is 9.77. The molecule has 3 N–H and O–H groups in total. The average Bonchev–Trinajstić information content (AvgIpc) is 4.09. The van der Waals surface area contributed by atoms with Crippen molar-refractivity contribution in [3.05, 3.63) is 142 Å². The first-order chi connectivity index (χ1) is 30.0. The number of esters is 2. The summed E-state index contributed by atoms with van der Waals surface area (Å²) in [4.78, 5) is 45.7. The molecule has 3 fully saturated rings. The number of nitrogens with one attached hydrogen (secondary N) is 1. The fourth-order valence-corrected chi connectivity index (χ4v) is 8.57. The number of ether oxygens (including phenoxy) is 2. The third kappa shape index (κ3) is 10.9. The topological polar surface area (TPSA) is 139 Å². The Labute approximate surface area is 358 Å². The number of methoxy groups -OCH3 is 2. The molecule has 0 bridgehead atoms. The van der Waals surface area contributed by atoms with Crippen molar-refractivity contribution in [3.63, 3.8) is 0 Å². The molecule has 3 aliphatic carbocycles. The van der Waals surface area contributed by atoms with E-state index < -0.39 is 86.6 Å². The smallest absolute Gasteiger partial charge is 0.316 e. The van der Waals surface area contributed by atoms with E-state index in [1.807, 2.05) is 0 Å². The maximum atomic E-state index is 13.8. The van der Waals surface area contributed by atoms with Crippen molar-refractivity contribution in [2.75, 3.05) is 14.2 Å². The van der Waals surface area contributed by atoms with Crippen LogP contribution in [0.25, 0.3) is 0 Å². The highest BCUT2D eigenvalue weighted by atomic mass is 19.2. The van der Waals surface area contributed by atoms with Gasteiger partial charge >= 0.3 is 17.9 Å². The van der Waals surface area contributed by atoms with Gasteiger partial charge < -0.3 is 14.6 Å². The van der Waals surface area contributed by atoms with Crippen LogP contribution >= 0.6 is 0 Å². The minimum atomic E-state index is -1.23. The van der Waals surface area contributed by atoms with Crippen LogP contribution in [-0.2, 0) is 51.3 Å². The van der Waals surface area contributed by atoms with E-state index >= 15 is 0 Å². The van der Waals surface area contributed by atoms with Gasteiger partial charge in [0.15, 0.2) is 46.5 Å². The summed E-state index contributed by atoms with van der Waals surface area (Å²) in [5, 5.41) is 18.0. The first-order valence-electron chi connectivity index (χ1n) is 20.1. The second-order valence-corrected chi connectivity index (χ2v) is 15.4. The van der Waals surface area contributed by atoms with E-state index in [9.17, 15) is 59.4 Å². The molecule has 0 spiro atoms. The van der Waals surface area contributed by atoms with E-state index in [4.69, 9.17) is 9.94 Å². The van der Waals surface area contributed by atoms with Crippen molar-refractivity contribution in [2.45, 2.75) is 99.7 Å². The van der Waals surface area contributed by atoms with Crippen LogP contribution in [0, 0.1) is 46.5 Å². The van der Waals surface area contributed by atoms with E-state index in [0.717, 1.165) is 62.8 Å². The fourth-order valence-electron chi connectivity index (χ4n) is 8.57. The summed E-state index contributed by atoms with van der Waals surface area (Å²) in [5.74, 6) is -10.6. The lowest BCUT2D eigenvalue weighted by atomic mass is 9.78. The van der Waals surface area contributed by atoms with Gasteiger partial charge in [0.05, 0.1) is 36.9 Å². The minimum absolute atomic E-state index is 0.00634. The maximum absolute atomic E-state index is 13.8. The summed E-state index contributed by atoms with van der Waals surface area (Å²) in [6, 6.07) is 15.2. The second kappa shape index (κ2) is 22.0. The molecule has 0 aliphatic heterocycles. The van der Waals surface area contributed by atoms with Gasteiger partial charge in [-0.25, -0.2) is 40.6 Å². The monoisotopic (exact) mass is 893 g/mol. The zero-order valence-corrected chi connectivity index (χ0v) is 34.5. The molecule has 0 heterocycles. The zero-order valence-electron chi connectivity index (χ0n) is 34.5. The molecule has 4 aromatic carbocycles. The lowest BCUT2D eigenvalue weighted by Crippen LogP contribution is -2.42. The van der Waals surface area contributed by atoms with Gasteiger partial charge in [0, 0.05) is 22.3 Å². The Kier molecular flexibility index (Phi) is 17.4. The van der Waals surface area contributed by atoms with E-state index in [1.54, 1.807) is 5.48 Å². The summed E-state index contributed by atoms with van der Waals surface area (Å²) in [5.41, 5.74) is -1.66. The van der Waals surface area contributed by atoms with Crippen LogP contribution in [0.15, 0.2) is 72.8 Å². The minimum Gasteiger partial charge on any atom is -0.481 e. The van der Waals surface area contributed by atoms with Gasteiger partial charge in [-0.2, -0.15) is 0 Å². The molecule has 0 radical (unpaired) electrons. The third-order valence-electron chi connectivity index (χ3n) is 11.9. The Morgan fingerprint density at radius 1 is 0.524 bits per heavy atom. The van der Waals surface area contributed by atoms with Crippen LogP contribution in [0.4, 0.5) is 35.1 Å².